The second-order valence-electron chi connectivity index (χ2n) is 6.44. The summed E-state index contributed by atoms with van der Waals surface area (Å²) < 4.78 is 0. The van der Waals surface area contributed by atoms with Gasteiger partial charge in [0.2, 0.25) is 10.9 Å². The minimum absolute atomic E-state index is 0.0194. The number of hydrogen-bond donors (Lipinski definition) is 6. The first-order valence-electron chi connectivity index (χ1n) is 9.04. The zero-order valence-corrected chi connectivity index (χ0v) is 15.8. The molecule has 152 valence electrons. The van der Waals surface area contributed by atoms with Gasteiger partial charge in [-0.3, -0.25) is 14.4 Å². The minimum atomic E-state index is -0.479. The van der Waals surface area contributed by atoms with Gasteiger partial charge in [0, 0.05) is 37.9 Å². The van der Waals surface area contributed by atoms with Crippen LogP contribution in [0.3, 0.4) is 0 Å². The Hall–Kier alpha value is -3.50. The molecule has 0 saturated heterocycles. The molecular weight excluding hydrogens is 376 g/mol. The highest BCUT2D eigenvalue weighted by Gasteiger charge is 2.18. The van der Waals surface area contributed by atoms with E-state index >= 15 is 0 Å². The Morgan fingerprint density at radius 3 is 2.59 bits per heavy atom. The van der Waals surface area contributed by atoms with Crippen LogP contribution in [0, 0.1) is 6.92 Å². The summed E-state index contributed by atoms with van der Waals surface area (Å²) in [5.41, 5.74) is 10.6. The zero-order valence-electron chi connectivity index (χ0n) is 15.8. The summed E-state index contributed by atoms with van der Waals surface area (Å²) in [5.74, 6) is -0.686. The average molecular weight is 398 g/mol. The number of phenols is 1. The fourth-order valence-corrected chi connectivity index (χ4v) is 2.99. The van der Waals surface area contributed by atoms with Gasteiger partial charge in [0.05, 0.1) is 16.3 Å². The fraction of sp³-hybridized carbons (Fsp3) is 0.263. The molecule has 0 radical (unpaired) electrons. The van der Waals surface area contributed by atoms with E-state index < -0.39 is 16.8 Å². The molecule has 0 fully saturated rings. The fourth-order valence-electron chi connectivity index (χ4n) is 2.99. The number of benzene rings is 2. The molecule has 10 heteroatoms. The van der Waals surface area contributed by atoms with Gasteiger partial charge in [-0.1, -0.05) is 0 Å². The molecule has 0 aliphatic carbocycles. The van der Waals surface area contributed by atoms with Crippen LogP contribution in [-0.4, -0.2) is 47.2 Å². The molecule has 0 bridgehead atoms. The number of aromatic nitrogens is 2. The molecule has 0 spiro atoms. The van der Waals surface area contributed by atoms with Crippen LogP contribution >= 0.6 is 0 Å². The second-order valence-corrected chi connectivity index (χ2v) is 6.44. The lowest BCUT2D eigenvalue weighted by Crippen LogP contribution is -2.30. The van der Waals surface area contributed by atoms with E-state index in [-0.39, 0.29) is 57.3 Å². The van der Waals surface area contributed by atoms with Crippen LogP contribution in [-0.2, 0) is 0 Å². The number of carbonyl (C=O) groups is 1. The molecular formula is C19H22N6O4. The van der Waals surface area contributed by atoms with Gasteiger partial charge in [-0.2, -0.15) is 0 Å². The molecule has 0 aliphatic heterocycles. The van der Waals surface area contributed by atoms with Crippen LogP contribution in [0.4, 0.5) is 0 Å². The summed E-state index contributed by atoms with van der Waals surface area (Å²) in [7, 11) is 0. The molecule has 1 amide bonds. The molecule has 1 aromatic heterocycles. The van der Waals surface area contributed by atoms with Crippen LogP contribution < -0.4 is 38.2 Å². The van der Waals surface area contributed by atoms with E-state index in [1.807, 2.05) is 0 Å². The maximum atomic E-state index is 12.7. The van der Waals surface area contributed by atoms with E-state index in [2.05, 4.69) is 20.6 Å². The molecule has 2 aromatic carbocycles. The highest BCUT2D eigenvalue weighted by Crippen LogP contribution is 2.17. The first-order valence-corrected chi connectivity index (χ1v) is 9.04. The number of fused-ring (bicyclic) bond motifs is 2. The van der Waals surface area contributed by atoms with Crippen molar-refractivity contribution >= 4 is 34.2 Å². The maximum absolute atomic E-state index is 12.7. The molecule has 29 heavy (non-hydrogen) atoms. The molecule has 8 N–H and O–H groups in total. The lowest BCUT2D eigenvalue weighted by Gasteiger charge is -2.10. The number of nitrogens with one attached hydrogen (secondary N) is 3. The molecule has 0 unspecified atom stereocenters. The number of aromatic amines is 1. The highest BCUT2D eigenvalue weighted by atomic mass is 16.3. The van der Waals surface area contributed by atoms with Crippen molar-refractivity contribution in [2.75, 3.05) is 26.2 Å². The Bertz CT molecular complexity index is 1270. The molecule has 0 aliphatic rings. The second kappa shape index (κ2) is 8.25. The number of amides is 1. The van der Waals surface area contributed by atoms with E-state index in [1.54, 1.807) is 0 Å². The molecule has 1 heterocycles. The van der Waals surface area contributed by atoms with Crippen molar-refractivity contribution in [1.29, 1.82) is 0 Å². The molecule has 0 atom stereocenters. The Morgan fingerprint density at radius 1 is 1.17 bits per heavy atom. The molecule has 3 rings (SSSR count). The van der Waals surface area contributed by atoms with Gasteiger partial charge in [0.15, 0.2) is 0 Å². The van der Waals surface area contributed by atoms with Gasteiger partial charge in [-0.05, 0) is 19.1 Å². The summed E-state index contributed by atoms with van der Waals surface area (Å²) in [6, 6.07) is 2.60. The smallest absolute Gasteiger partial charge is 0.253 e. The van der Waals surface area contributed by atoms with Gasteiger partial charge in [0.25, 0.3) is 5.91 Å². The first-order chi connectivity index (χ1) is 13.9. The predicted molar refractivity (Wildman–Crippen MR) is 111 cm³/mol. The Kier molecular flexibility index (Phi) is 5.76. The molecule has 3 aromatic rings. The number of hydrogen-bond acceptors (Lipinski definition) is 8. The van der Waals surface area contributed by atoms with Crippen molar-refractivity contribution in [3.8, 4) is 5.75 Å². The Balaban J connectivity index is 2.40. The number of aromatic hydroxyl groups is 1. The number of phenolic OH excluding ortho intramolecular Hbond substituents is 1. The first kappa shape index (κ1) is 20.2. The SMILES string of the molecule is Cc1c(O)c(=CNCCN)c2nc3c(=O)ccc(C(=O)NCCN)c3[nH]c2c1=O. The third kappa shape index (κ3) is 3.62. The third-order valence-corrected chi connectivity index (χ3v) is 4.49. The quantitative estimate of drug-likeness (QED) is 0.207. The average Bonchev–Trinajstić information content (AvgIpc) is 2.72. The Morgan fingerprint density at radius 2 is 1.90 bits per heavy atom. The number of carbonyl (C=O) groups excluding carboxylic acids is 1. The largest absolute Gasteiger partial charge is 0.507 e. The monoisotopic (exact) mass is 398 g/mol. The van der Waals surface area contributed by atoms with Crippen LogP contribution in [0.2, 0.25) is 0 Å². The number of nitrogens with zero attached hydrogens (tertiary/aromatic N) is 1. The normalized spacial score (nSPS) is 11.9. The summed E-state index contributed by atoms with van der Waals surface area (Å²) in [6.45, 7) is 2.80. The van der Waals surface area contributed by atoms with E-state index in [4.69, 9.17) is 11.5 Å². The number of nitrogens with two attached hydrogens (primary N) is 2. The van der Waals surface area contributed by atoms with Crippen LogP contribution in [0.5, 0.6) is 5.75 Å². The van der Waals surface area contributed by atoms with E-state index in [0.717, 1.165) is 0 Å². The van der Waals surface area contributed by atoms with Crippen LogP contribution in [0.1, 0.15) is 15.9 Å². The number of rotatable bonds is 6. The van der Waals surface area contributed by atoms with Crippen molar-refractivity contribution in [2.45, 2.75) is 6.92 Å². The highest BCUT2D eigenvalue weighted by molar-refractivity contribution is 6.06. The predicted octanol–water partition coefficient (Wildman–Crippen LogP) is -1.86. The summed E-state index contributed by atoms with van der Waals surface area (Å²) in [4.78, 5) is 44.8. The summed E-state index contributed by atoms with van der Waals surface area (Å²) >= 11 is 0. The van der Waals surface area contributed by atoms with Gasteiger partial charge in [0.1, 0.15) is 22.3 Å². The molecule has 10 nitrogen and oxygen atoms in total. The summed E-state index contributed by atoms with van der Waals surface area (Å²) in [6.07, 6.45) is 1.49. The van der Waals surface area contributed by atoms with Crippen molar-refractivity contribution < 1.29 is 9.90 Å². The lowest BCUT2D eigenvalue weighted by molar-refractivity contribution is 0.0956. The Labute approximate surface area is 164 Å². The van der Waals surface area contributed by atoms with Gasteiger partial charge in [-0.15, -0.1) is 0 Å². The van der Waals surface area contributed by atoms with Gasteiger partial charge >= 0.3 is 0 Å². The standard InChI is InChI=1S/C19H22N6O4/c1-9-17(27)11(8-22-6-4-20)14-16(18(9)28)25-13-10(19(29)23-7-5-21)2-3-12(26)15(13)24-14/h2-3,8,22,25,27H,4-7,20-21H2,1H3,(H,23,29). The zero-order chi connectivity index (χ0) is 21.1. The van der Waals surface area contributed by atoms with Gasteiger partial charge < -0.3 is 32.2 Å². The van der Waals surface area contributed by atoms with Crippen molar-refractivity contribution in [3.05, 3.63) is 48.9 Å². The van der Waals surface area contributed by atoms with Crippen molar-refractivity contribution in [2.24, 2.45) is 11.5 Å². The van der Waals surface area contributed by atoms with E-state index in [1.165, 1.54) is 25.3 Å². The number of H-pyrrole nitrogens is 1. The topological polar surface area (TPSA) is 176 Å². The maximum Gasteiger partial charge on any atom is 0.253 e. The molecule has 0 saturated carbocycles. The van der Waals surface area contributed by atoms with Crippen molar-refractivity contribution in [3.63, 3.8) is 0 Å². The van der Waals surface area contributed by atoms with Crippen molar-refractivity contribution in [1.82, 2.24) is 20.6 Å². The van der Waals surface area contributed by atoms with Gasteiger partial charge in [-0.25, -0.2) is 4.98 Å². The van der Waals surface area contributed by atoms with Crippen LogP contribution in [0.25, 0.3) is 28.3 Å². The third-order valence-electron chi connectivity index (χ3n) is 4.49. The van der Waals surface area contributed by atoms with E-state index in [9.17, 15) is 19.5 Å². The van der Waals surface area contributed by atoms with Crippen LogP contribution in [0.15, 0.2) is 21.7 Å². The summed E-state index contributed by atoms with van der Waals surface area (Å²) in [5, 5.41) is 16.3. The lowest BCUT2D eigenvalue weighted by atomic mass is 10.1. The van der Waals surface area contributed by atoms with E-state index in [0.29, 0.717) is 13.1 Å². The minimum Gasteiger partial charge on any atom is -0.507 e.